The number of anilines is 1. The average Bonchev–Trinajstić information content (AvgIpc) is 3.14. The van der Waals surface area contributed by atoms with Crippen molar-refractivity contribution in [2.75, 3.05) is 18.4 Å². The van der Waals surface area contributed by atoms with Crippen LogP contribution in [0, 0.1) is 27.7 Å². The minimum absolute atomic E-state index is 0.0666. The lowest BCUT2D eigenvalue weighted by atomic mass is 10.1. The number of nitrogens with one attached hydrogen (secondary N) is 1. The molecular weight excluding hydrogens is 438 g/mol. The normalized spacial score (nSPS) is 10.8. The van der Waals surface area contributed by atoms with Gasteiger partial charge < -0.3 is 10.2 Å². The van der Waals surface area contributed by atoms with E-state index >= 15 is 0 Å². The predicted molar refractivity (Wildman–Crippen MR) is 131 cm³/mol. The Labute approximate surface area is 197 Å². The van der Waals surface area contributed by atoms with Gasteiger partial charge in [-0.25, -0.2) is 9.67 Å². The molecule has 0 radical (unpaired) electrons. The van der Waals surface area contributed by atoms with Crippen LogP contribution in [0.3, 0.4) is 0 Å². The molecule has 174 valence electrons. The van der Waals surface area contributed by atoms with E-state index in [4.69, 9.17) is 0 Å². The first kappa shape index (κ1) is 24.3. The number of benzene rings is 1. The second-order valence-electron chi connectivity index (χ2n) is 8.04. The summed E-state index contributed by atoms with van der Waals surface area (Å²) in [5.74, 6) is -0.527. The van der Waals surface area contributed by atoms with Crippen LogP contribution < -0.4 is 10.9 Å². The van der Waals surface area contributed by atoms with Crippen molar-refractivity contribution in [1.29, 1.82) is 0 Å². The van der Waals surface area contributed by atoms with Gasteiger partial charge in [-0.1, -0.05) is 25.1 Å². The van der Waals surface area contributed by atoms with Crippen LogP contribution in [0.15, 0.2) is 29.1 Å². The Bertz CT molecular complexity index is 1260. The van der Waals surface area contributed by atoms with Crippen molar-refractivity contribution in [2.45, 2.75) is 41.0 Å². The lowest BCUT2D eigenvalue weighted by Crippen LogP contribution is -2.38. The van der Waals surface area contributed by atoms with Crippen LogP contribution in [-0.2, 0) is 11.8 Å². The van der Waals surface area contributed by atoms with Crippen molar-refractivity contribution >= 4 is 28.8 Å². The number of hydrogen-bond acceptors (Lipinski definition) is 6. The molecule has 2 aromatic heterocycles. The van der Waals surface area contributed by atoms with Crippen molar-refractivity contribution in [3.8, 4) is 10.6 Å². The summed E-state index contributed by atoms with van der Waals surface area (Å²) in [6.45, 7) is 9.65. The number of amides is 2. The van der Waals surface area contributed by atoms with Gasteiger partial charge in [0.25, 0.3) is 11.5 Å². The molecule has 0 aliphatic heterocycles. The topological polar surface area (TPSA) is 97.2 Å². The number of carbonyl (C=O) groups is 2. The zero-order chi connectivity index (χ0) is 24.3. The molecule has 0 atom stereocenters. The third-order valence-corrected chi connectivity index (χ3v) is 6.63. The molecule has 1 N–H and O–H groups in total. The maximum absolute atomic E-state index is 13.4. The summed E-state index contributed by atoms with van der Waals surface area (Å²) in [4.78, 5) is 45.3. The van der Waals surface area contributed by atoms with Crippen molar-refractivity contribution in [3.63, 3.8) is 0 Å². The molecule has 3 rings (SSSR count). The standard InChI is InChI=1S/C24H29N5O3S/c1-7-12-29(13-19(30)26-18-11-9-8-10-14(18)2)24(32)21-17(5)25-22(33-21)20-15(3)16(4)27-28(6)23(20)31/h8-11H,7,12-13H2,1-6H3,(H,26,30). The first-order chi connectivity index (χ1) is 15.6. The zero-order valence-corrected chi connectivity index (χ0v) is 20.7. The van der Waals surface area contributed by atoms with Gasteiger partial charge in [0.2, 0.25) is 5.91 Å². The Morgan fingerprint density at radius 3 is 2.48 bits per heavy atom. The molecular formula is C24H29N5O3S. The second kappa shape index (κ2) is 10.1. The second-order valence-corrected chi connectivity index (χ2v) is 9.04. The smallest absolute Gasteiger partial charge is 0.277 e. The van der Waals surface area contributed by atoms with E-state index in [-0.39, 0.29) is 23.9 Å². The fourth-order valence-corrected chi connectivity index (χ4v) is 4.67. The van der Waals surface area contributed by atoms with Crippen LogP contribution in [-0.4, -0.2) is 44.6 Å². The molecule has 0 bridgehead atoms. The highest BCUT2D eigenvalue weighted by molar-refractivity contribution is 7.17. The number of rotatable bonds is 7. The number of para-hydroxylation sites is 1. The van der Waals surface area contributed by atoms with E-state index in [1.165, 1.54) is 20.9 Å². The van der Waals surface area contributed by atoms with E-state index in [0.29, 0.717) is 34.1 Å². The number of carbonyl (C=O) groups excluding carboxylic acids is 2. The van der Waals surface area contributed by atoms with E-state index in [1.807, 2.05) is 52.0 Å². The lowest BCUT2D eigenvalue weighted by molar-refractivity contribution is -0.116. The number of nitrogens with zero attached hydrogens (tertiary/aromatic N) is 4. The van der Waals surface area contributed by atoms with Gasteiger partial charge in [0.15, 0.2) is 0 Å². The van der Waals surface area contributed by atoms with Crippen LogP contribution in [0.25, 0.3) is 10.6 Å². The first-order valence-corrected chi connectivity index (χ1v) is 11.6. The Balaban J connectivity index is 1.89. The summed E-state index contributed by atoms with van der Waals surface area (Å²) < 4.78 is 1.29. The third kappa shape index (κ3) is 5.19. The molecule has 0 aliphatic rings. The Morgan fingerprint density at radius 2 is 1.82 bits per heavy atom. The quantitative estimate of drug-likeness (QED) is 0.572. The van der Waals surface area contributed by atoms with Crippen LogP contribution in [0.2, 0.25) is 0 Å². The van der Waals surface area contributed by atoms with Gasteiger partial charge in [-0.05, 0) is 51.3 Å². The van der Waals surface area contributed by atoms with Gasteiger partial charge in [-0.3, -0.25) is 14.4 Å². The fraction of sp³-hybridized carbons (Fsp3) is 0.375. The van der Waals surface area contributed by atoms with Gasteiger partial charge in [-0.15, -0.1) is 11.3 Å². The Hall–Kier alpha value is -3.33. The van der Waals surface area contributed by atoms with Crippen LogP contribution >= 0.6 is 11.3 Å². The fourth-order valence-electron chi connectivity index (χ4n) is 3.54. The van der Waals surface area contributed by atoms with Gasteiger partial charge in [0.05, 0.1) is 17.0 Å². The molecule has 1 aromatic carbocycles. The molecule has 0 unspecified atom stereocenters. The lowest BCUT2D eigenvalue weighted by Gasteiger charge is -2.21. The van der Waals surface area contributed by atoms with E-state index in [1.54, 1.807) is 14.0 Å². The van der Waals surface area contributed by atoms with E-state index in [2.05, 4.69) is 15.4 Å². The molecule has 0 aliphatic carbocycles. The summed E-state index contributed by atoms with van der Waals surface area (Å²) in [5, 5.41) is 7.58. The van der Waals surface area contributed by atoms with Crippen molar-refractivity contribution in [2.24, 2.45) is 7.05 Å². The highest BCUT2D eigenvalue weighted by atomic mass is 32.1. The summed E-state index contributed by atoms with van der Waals surface area (Å²) in [6.07, 6.45) is 0.706. The number of aromatic nitrogens is 3. The molecule has 0 spiro atoms. The molecule has 0 saturated heterocycles. The van der Waals surface area contributed by atoms with Crippen LogP contribution in [0.5, 0.6) is 0 Å². The molecule has 0 saturated carbocycles. The first-order valence-electron chi connectivity index (χ1n) is 10.8. The molecule has 3 aromatic rings. The van der Waals surface area contributed by atoms with Crippen LogP contribution in [0.1, 0.15) is 45.5 Å². The number of aryl methyl sites for hydroxylation is 4. The zero-order valence-electron chi connectivity index (χ0n) is 19.9. The van der Waals surface area contributed by atoms with Gasteiger partial charge >= 0.3 is 0 Å². The monoisotopic (exact) mass is 467 g/mol. The molecule has 33 heavy (non-hydrogen) atoms. The van der Waals surface area contributed by atoms with Crippen molar-refractivity contribution < 1.29 is 9.59 Å². The maximum atomic E-state index is 13.4. The maximum Gasteiger partial charge on any atom is 0.277 e. The molecule has 2 heterocycles. The molecule has 9 heteroatoms. The molecule has 8 nitrogen and oxygen atoms in total. The summed E-state index contributed by atoms with van der Waals surface area (Å²) in [7, 11) is 1.60. The van der Waals surface area contributed by atoms with Crippen LogP contribution in [0.4, 0.5) is 5.69 Å². The van der Waals surface area contributed by atoms with Crippen molar-refractivity contribution in [1.82, 2.24) is 19.7 Å². The van der Waals surface area contributed by atoms with Gasteiger partial charge in [-0.2, -0.15) is 5.10 Å². The molecule has 2 amide bonds. The van der Waals surface area contributed by atoms with Gasteiger partial charge in [0.1, 0.15) is 16.4 Å². The summed E-state index contributed by atoms with van der Waals surface area (Å²) >= 11 is 1.18. The average molecular weight is 468 g/mol. The minimum Gasteiger partial charge on any atom is -0.329 e. The number of thiazole rings is 1. The largest absolute Gasteiger partial charge is 0.329 e. The third-order valence-electron chi connectivity index (χ3n) is 5.46. The van der Waals surface area contributed by atoms with E-state index in [9.17, 15) is 14.4 Å². The van der Waals surface area contributed by atoms with E-state index < -0.39 is 0 Å². The molecule has 0 fully saturated rings. The Morgan fingerprint density at radius 1 is 1.12 bits per heavy atom. The SMILES string of the molecule is CCCN(CC(=O)Nc1ccccc1C)C(=O)c1sc(-c2c(C)c(C)nn(C)c2=O)nc1C. The van der Waals surface area contributed by atoms with Crippen molar-refractivity contribution in [3.05, 3.63) is 62.0 Å². The highest BCUT2D eigenvalue weighted by Crippen LogP contribution is 2.29. The minimum atomic E-state index is -0.265. The Kier molecular flexibility index (Phi) is 7.43. The summed E-state index contributed by atoms with van der Waals surface area (Å²) in [5.41, 5.74) is 3.89. The highest BCUT2D eigenvalue weighted by Gasteiger charge is 2.25. The number of hydrogen-bond donors (Lipinski definition) is 1. The summed E-state index contributed by atoms with van der Waals surface area (Å²) in [6, 6.07) is 7.51. The van der Waals surface area contributed by atoms with Gasteiger partial charge in [0, 0.05) is 19.3 Å². The van der Waals surface area contributed by atoms with E-state index in [0.717, 1.165) is 22.5 Å². The predicted octanol–water partition coefficient (Wildman–Crippen LogP) is 3.63.